The van der Waals surface area contributed by atoms with Crippen LogP contribution in [0.3, 0.4) is 0 Å². The summed E-state index contributed by atoms with van der Waals surface area (Å²) in [6.45, 7) is 6.83. The summed E-state index contributed by atoms with van der Waals surface area (Å²) >= 11 is 0. The maximum atomic E-state index is 13.5. The lowest BCUT2D eigenvalue weighted by atomic mass is 9.95. The number of para-hydroxylation sites is 1. The first kappa shape index (κ1) is 21.7. The lowest BCUT2D eigenvalue weighted by Crippen LogP contribution is -2.70. The van der Waals surface area contributed by atoms with Crippen molar-refractivity contribution in [2.24, 2.45) is 0 Å². The molecule has 0 radical (unpaired) electrons. The Morgan fingerprint density at radius 2 is 1.81 bits per heavy atom. The summed E-state index contributed by atoms with van der Waals surface area (Å²) in [5, 5.41) is 0. The molecule has 2 aromatic rings. The van der Waals surface area contributed by atoms with Crippen LogP contribution in [0.4, 0.5) is 5.69 Å². The number of nitrogens with zero attached hydrogens (tertiary/aromatic N) is 2. The third-order valence-electron chi connectivity index (χ3n) is 6.17. The number of benzene rings is 2. The minimum absolute atomic E-state index is 0.102. The Morgan fingerprint density at radius 1 is 1.09 bits per heavy atom. The quantitative estimate of drug-likeness (QED) is 0.532. The van der Waals surface area contributed by atoms with Crippen molar-refractivity contribution in [3.8, 4) is 0 Å². The number of rotatable bonds is 5. The molecule has 2 aromatic carbocycles. The molecule has 7 heteroatoms. The SMILES string of the molecule is Cc1ccc(C)c(C(=O)COC(=O)C23CCC(=O)N2c2ccccc2C(=O)N3C(C)C)c1. The van der Waals surface area contributed by atoms with Crippen LogP contribution in [0.15, 0.2) is 42.5 Å². The number of carbonyl (C=O) groups is 4. The van der Waals surface area contributed by atoms with Gasteiger partial charge in [-0.05, 0) is 51.5 Å². The molecule has 0 aromatic heterocycles. The molecule has 2 heterocycles. The summed E-state index contributed by atoms with van der Waals surface area (Å²) in [6, 6.07) is 11.9. The molecule has 0 bridgehead atoms. The minimum Gasteiger partial charge on any atom is -0.454 e. The van der Waals surface area contributed by atoms with Crippen LogP contribution in [0.5, 0.6) is 0 Å². The summed E-state index contributed by atoms with van der Waals surface area (Å²) in [6.07, 6.45) is 0.214. The number of fused-ring (bicyclic) bond motifs is 3. The number of Topliss-reactive ketones (excluding diaryl/α,β-unsaturated/α-hetero) is 1. The molecule has 1 atom stereocenters. The van der Waals surface area contributed by atoms with Gasteiger partial charge < -0.3 is 9.64 Å². The molecule has 1 fully saturated rings. The summed E-state index contributed by atoms with van der Waals surface area (Å²) in [4.78, 5) is 55.4. The van der Waals surface area contributed by atoms with E-state index in [1.807, 2.05) is 26.0 Å². The zero-order valence-electron chi connectivity index (χ0n) is 18.7. The monoisotopic (exact) mass is 434 g/mol. The maximum Gasteiger partial charge on any atom is 0.354 e. The van der Waals surface area contributed by atoms with Gasteiger partial charge in [0.1, 0.15) is 0 Å². The van der Waals surface area contributed by atoms with Gasteiger partial charge in [0.05, 0.1) is 11.3 Å². The van der Waals surface area contributed by atoms with Gasteiger partial charge >= 0.3 is 5.97 Å². The fourth-order valence-electron chi connectivity index (χ4n) is 4.73. The third-order valence-corrected chi connectivity index (χ3v) is 6.17. The summed E-state index contributed by atoms with van der Waals surface area (Å²) in [5.41, 5.74) is 1.37. The summed E-state index contributed by atoms with van der Waals surface area (Å²) < 4.78 is 5.51. The highest BCUT2D eigenvalue weighted by molar-refractivity contribution is 6.15. The molecule has 7 nitrogen and oxygen atoms in total. The lowest BCUT2D eigenvalue weighted by Gasteiger charge is -2.50. The van der Waals surface area contributed by atoms with Gasteiger partial charge in [-0.25, -0.2) is 4.79 Å². The van der Waals surface area contributed by atoms with Gasteiger partial charge in [-0.1, -0.05) is 29.8 Å². The molecule has 2 aliphatic heterocycles. The van der Waals surface area contributed by atoms with Gasteiger partial charge in [-0.3, -0.25) is 19.3 Å². The van der Waals surface area contributed by atoms with Gasteiger partial charge in [0.15, 0.2) is 6.61 Å². The van der Waals surface area contributed by atoms with E-state index in [9.17, 15) is 19.2 Å². The molecule has 32 heavy (non-hydrogen) atoms. The number of hydrogen-bond donors (Lipinski definition) is 0. The Hall–Kier alpha value is -3.48. The van der Waals surface area contributed by atoms with Crippen LogP contribution >= 0.6 is 0 Å². The number of aryl methyl sites for hydroxylation is 2. The van der Waals surface area contributed by atoms with E-state index >= 15 is 0 Å². The van der Waals surface area contributed by atoms with Gasteiger partial charge in [0.2, 0.25) is 17.4 Å². The number of carbonyl (C=O) groups excluding carboxylic acids is 4. The van der Waals surface area contributed by atoms with E-state index in [0.29, 0.717) is 16.8 Å². The normalized spacial score (nSPS) is 19.8. The fourth-order valence-corrected chi connectivity index (χ4v) is 4.73. The first-order valence-electron chi connectivity index (χ1n) is 10.7. The van der Waals surface area contributed by atoms with E-state index in [-0.39, 0.29) is 36.5 Å². The predicted octanol–water partition coefficient (Wildman–Crippen LogP) is 3.42. The number of hydrogen-bond acceptors (Lipinski definition) is 5. The lowest BCUT2D eigenvalue weighted by molar-refractivity contribution is -0.157. The summed E-state index contributed by atoms with van der Waals surface area (Å²) in [5.74, 6) is -1.68. The van der Waals surface area contributed by atoms with Crippen molar-refractivity contribution in [2.45, 2.75) is 52.2 Å². The molecule has 0 aliphatic carbocycles. The van der Waals surface area contributed by atoms with Crippen LogP contribution in [0, 0.1) is 13.8 Å². The standard InChI is InChI=1S/C25H26N2O5/c1-15(2)26-23(30)18-7-5-6-8-20(18)27-22(29)11-12-25(26,27)24(31)32-14-21(28)19-13-16(3)9-10-17(19)4/h5-10,13,15H,11-12,14H2,1-4H3. The fraction of sp³-hybridized carbons (Fsp3) is 0.360. The highest BCUT2D eigenvalue weighted by Crippen LogP contribution is 2.45. The third kappa shape index (κ3) is 3.20. The second-order valence-electron chi connectivity index (χ2n) is 8.65. The molecular weight excluding hydrogens is 408 g/mol. The van der Waals surface area contributed by atoms with E-state index in [0.717, 1.165) is 11.1 Å². The first-order valence-corrected chi connectivity index (χ1v) is 10.7. The Kier molecular flexibility index (Phi) is 5.36. The van der Waals surface area contributed by atoms with E-state index < -0.39 is 18.2 Å². The van der Waals surface area contributed by atoms with Gasteiger partial charge in [-0.2, -0.15) is 0 Å². The van der Waals surface area contributed by atoms with Gasteiger partial charge in [-0.15, -0.1) is 0 Å². The van der Waals surface area contributed by atoms with Crippen molar-refractivity contribution >= 4 is 29.3 Å². The van der Waals surface area contributed by atoms with Gasteiger partial charge in [0.25, 0.3) is 5.91 Å². The van der Waals surface area contributed by atoms with Crippen molar-refractivity contribution < 1.29 is 23.9 Å². The maximum absolute atomic E-state index is 13.5. The van der Waals surface area contributed by atoms with Crippen molar-refractivity contribution in [3.05, 3.63) is 64.7 Å². The van der Waals surface area contributed by atoms with Crippen molar-refractivity contribution in [1.82, 2.24) is 4.90 Å². The highest BCUT2D eigenvalue weighted by Gasteiger charge is 2.62. The van der Waals surface area contributed by atoms with E-state index in [1.54, 1.807) is 44.2 Å². The first-order chi connectivity index (χ1) is 15.2. The van der Waals surface area contributed by atoms with Crippen molar-refractivity contribution in [3.63, 3.8) is 0 Å². The molecule has 166 valence electrons. The van der Waals surface area contributed by atoms with Crippen LogP contribution in [0.1, 0.15) is 58.5 Å². The topological polar surface area (TPSA) is 84.0 Å². The van der Waals surface area contributed by atoms with Crippen LogP contribution in [0.25, 0.3) is 0 Å². The number of ketones is 1. The average Bonchev–Trinajstić information content (AvgIpc) is 3.11. The van der Waals surface area contributed by atoms with Gasteiger partial charge in [0, 0.05) is 24.4 Å². The van der Waals surface area contributed by atoms with Crippen LogP contribution < -0.4 is 4.90 Å². The molecule has 2 aliphatic rings. The smallest absolute Gasteiger partial charge is 0.354 e. The minimum atomic E-state index is -1.60. The number of amides is 2. The Morgan fingerprint density at radius 3 is 2.53 bits per heavy atom. The largest absolute Gasteiger partial charge is 0.454 e. The molecule has 1 saturated heterocycles. The Bertz CT molecular complexity index is 1140. The summed E-state index contributed by atoms with van der Waals surface area (Å²) in [7, 11) is 0. The van der Waals surface area contributed by atoms with E-state index in [1.165, 1.54) is 9.80 Å². The molecule has 0 spiro atoms. The van der Waals surface area contributed by atoms with E-state index in [2.05, 4.69) is 0 Å². The van der Waals surface area contributed by atoms with E-state index in [4.69, 9.17) is 4.74 Å². The highest BCUT2D eigenvalue weighted by atomic mass is 16.5. The molecule has 1 unspecified atom stereocenters. The molecule has 0 saturated carbocycles. The number of ether oxygens (including phenoxy) is 1. The molecule has 2 amide bonds. The molecular formula is C25H26N2O5. The van der Waals surface area contributed by atoms with Crippen molar-refractivity contribution in [1.29, 1.82) is 0 Å². The number of anilines is 1. The molecule has 4 rings (SSSR count). The Labute approximate surface area is 187 Å². The Balaban J connectivity index is 1.70. The number of esters is 1. The zero-order valence-corrected chi connectivity index (χ0v) is 18.7. The zero-order chi connectivity index (χ0) is 23.2. The van der Waals surface area contributed by atoms with Crippen LogP contribution in [-0.2, 0) is 14.3 Å². The predicted molar refractivity (Wildman–Crippen MR) is 118 cm³/mol. The van der Waals surface area contributed by atoms with Crippen LogP contribution in [-0.4, -0.2) is 46.8 Å². The second-order valence-corrected chi connectivity index (χ2v) is 8.65. The van der Waals surface area contributed by atoms with Crippen molar-refractivity contribution in [2.75, 3.05) is 11.5 Å². The second kappa shape index (κ2) is 7.89. The molecule has 0 N–H and O–H groups in total. The van der Waals surface area contributed by atoms with Crippen LogP contribution in [0.2, 0.25) is 0 Å². The average molecular weight is 434 g/mol.